The minimum atomic E-state index is -0.258. The topological polar surface area (TPSA) is 54.7 Å². The van der Waals surface area contributed by atoms with Gasteiger partial charge in [-0.1, -0.05) is 6.07 Å². The molecule has 4 heterocycles. The van der Waals surface area contributed by atoms with Crippen molar-refractivity contribution in [1.29, 1.82) is 0 Å². The van der Waals surface area contributed by atoms with Crippen molar-refractivity contribution in [2.24, 2.45) is 16.8 Å². The van der Waals surface area contributed by atoms with Crippen molar-refractivity contribution in [1.82, 2.24) is 19.8 Å². The van der Waals surface area contributed by atoms with Crippen molar-refractivity contribution in [2.45, 2.75) is 31.6 Å². The van der Waals surface area contributed by atoms with E-state index in [9.17, 15) is 4.39 Å². The first-order valence-corrected chi connectivity index (χ1v) is 9.61. The summed E-state index contributed by atoms with van der Waals surface area (Å²) in [6.07, 6.45) is 8.25. The van der Waals surface area contributed by atoms with Gasteiger partial charge in [0, 0.05) is 50.9 Å². The molecule has 150 valence electrons. The lowest BCUT2D eigenvalue weighted by atomic mass is 9.82. The molecule has 0 aliphatic carbocycles. The summed E-state index contributed by atoms with van der Waals surface area (Å²) in [6.45, 7) is 2.54. The molecule has 1 aromatic heterocycles. The third-order valence-corrected chi connectivity index (χ3v) is 6.21. The molecule has 5 rings (SSSR count). The molecule has 1 aromatic carbocycles. The van der Waals surface area contributed by atoms with E-state index in [2.05, 4.69) is 20.2 Å². The number of hydrogen-bond donors (Lipinski definition) is 1. The van der Waals surface area contributed by atoms with E-state index in [0.29, 0.717) is 36.3 Å². The van der Waals surface area contributed by atoms with Crippen molar-refractivity contribution in [2.75, 3.05) is 20.1 Å². The number of hydrogen-bond acceptors (Lipinski definition) is 3. The minimum Gasteiger partial charge on any atom is -0.374 e. The summed E-state index contributed by atoms with van der Waals surface area (Å²) in [5.74, 6) is 1.90. The number of halogens is 2. The van der Waals surface area contributed by atoms with E-state index in [1.807, 2.05) is 13.1 Å². The second-order valence-corrected chi connectivity index (χ2v) is 7.68. The predicted octanol–water partition coefficient (Wildman–Crippen LogP) is 2.81. The molecule has 4 atom stereocenters. The van der Waals surface area contributed by atoms with Crippen LogP contribution in [0.15, 0.2) is 41.9 Å². The van der Waals surface area contributed by atoms with Gasteiger partial charge in [0.2, 0.25) is 0 Å². The Morgan fingerprint density at radius 2 is 2.04 bits per heavy atom. The zero-order valence-corrected chi connectivity index (χ0v) is 18.1. The van der Waals surface area contributed by atoms with Crippen LogP contribution in [0.4, 0.5) is 4.39 Å². The molecule has 2 bridgehead atoms. The number of guanidine groups is 1. The maximum atomic E-state index is 14.4. The van der Waals surface area contributed by atoms with Crippen LogP contribution in [0.25, 0.3) is 5.69 Å². The Morgan fingerprint density at radius 1 is 1.29 bits per heavy atom. The van der Waals surface area contributed by atoms with Crippen molar-refractivity contribution >= 4 is 29.9 Å². The molecule has 4 unspecified atom stereocenters. The van der Waals surface area contributed by atoms with Crippen LogP contribution in [0, 0.1) is 17.7 Å². The third kappa shape index (κ3) is 3.41. The van der Waals surface area contributed by atoms with Gasteiger partial charge < -0.3 is 19.5 Å². The van der Waals surface area contributed by atoms with E-state index in [4.69, 9.17) is 4.74 Å². The van der Waals surface area contributed by atoms with Crippen LogP contribution in [0.2, 0.25) is 0 Å². The number of imidazole rings is 1. The first kappa shape index (κ1) is 19.6. The Bertz CT molecular complexity index is 840. The van der Waals surface area contributed by atoms with Crippen molar-refractivity contribution < 1.29 is 9.13 Å². The quantitative estimate of drug-likeness (QED) is 0.403. The van der Waals surface area contributed by atoms with E-state index < -0.39 is 0 Å². The number of aliphatic imine (C=N–C) groups is 1. The lowest BCUT2D eigenvalue weighted by Gasteiger charge is -2.23. The SMILES string of the molecule is CN=C(NCc1ccc(-n2ccnc2)c(F)c1)N1CC2C3CCC(O3)C2C1.I. The second-order valence-electron chi connectivity index (χ2n) is 7.68. The van der Waals surface area contributed by atoms with Crippen LogP contribution in [-0.4, -0.2) is 52.8 Å². The van der Waals surface area contributed by atoms with Gasteiger partial charge >= 0.3 is 0 Å². The smallest absolute Gasteiger partial charge is 0.193 e. The number of nitrogens with zero attached hydrogens (tertiary/aromatic N) is 4. The van der Waals surface area contributed by atoms with Gasteiger partial charge in [0.15, 0.2) is 5.96 Å². The van der Waals surface area contributed by atoms with Crippen LogP contribution in [-0.2, 0) is 11.3 Å². The largest absolute Gasteiger partial charge is 0.374 e. The van der Waals surface area contributed by atoms with Crippen LogP contribution < -0.4 is 5.32 Å². The minimum absolute atomic E-state index is 0. The highest BCUT2D eigenvalue weighted by molar-refractivity contribution is 14.0. The summed E-state index contributed by atoms with van der Waals surface area (Å²) in [5.41, 5.74) is 1.39. The number of ether oxygens (including phenoxy) is 1. The standard InChI is InChI=1S/C20H24FN5O.HI/c1-22-20(26-10-14-15(11-26)19-5-4-18(14)27-19)24-9-13-2-3-17(16(21)8-13)25-7-6-23-12-25;/h2-3,6-8,12,14-15,18-19H,4-5,9-11H2,1H3,(H,22,24);1H. The fourth-order valence-corrected chi connectivity index (χ4v) is 4.92. The maximum Gasteiger partial charge on any atom is 0.193 e. The van der Waals surface area contributed by atoms with Gasteiger partial charge in [0.25, 0.3) is 0 Å². The Balaban J connectivity index is 0.00000192. The number of fused-ring (bicyclic) bond motifs is 5. The Hall–Kier alpha value is -1.68. The summed E-state index contributed by atoms with van der Waals surface area (Å²) in [4.78, 5) is 10.8. The highest BCUT2D eigenvalue weighted by Gasteiger charge is 2.53. The molecular formula is C20H25FIN5O. The summed E-state index contributed by atoms with van der Waals surface area (Å²) in [7, 11) is 1.81. The lowest BCUT2D eigenvalue weighted by molar-refractivity contribution is 0.0767. The predicted molar refractivity (Wildman–Crippen MR) is 116 cm³/mol. The van der Waals surface area contributed by atoms with Gasteiger partial charge in [-0.3, -0.25) is 4.99 Å². The first-order valence-electron chi connectivity index (χ1n) is 9.61. The van der Waals surface area contributed by atoms with Crippen LogP contribution in [0.3, 0.4) is 0 Å². The molecule has 3 aliphatic rings. The van der Waals surface area contributed by atoms with Gasteiger partial charge in [-0.05, 0) is 30.5 Å². The molecule has 28 heavy (non-hydrogen) atoms. The van der Waals surface area contributed by atoms with Gasteiger partial charge in [-0.25, -0.2) is 9.37 Å². The highest BCUT2D eigenvalue weighted by Crippen LogP contribution is 2.47. The maximum absolute atomic E-state index is 14.4. The van der Waals surface area contributed by atoms with Crippen LogP contribution in [0.1, 0.15) is 18.4 Å². The summed E-state index contributed by atoms with van der Waals surface area (Å²) in [5, 5.41) is 3.40. The zero-order chi connectivity index (χ0) is 18.4. The molecular weight excluding hydrogens is 472 g/mol. The number of likely N-dealkylation sites (tertiary alicyclic amines) is 1. The van der Waals surface area contributed by atoms with Gasteiger partial charge in [0.1, 0.15) is 5.82 Å². The molecule has 0 radical (unpaired) electrons. The second kappa shape index (κ2) is 7.98. The lowest BCUT2D eigenvalue weighted by Crippen LogP contribution is -2.41. The zero-order valence-electron chi connectivity index (χ0n) is 15.8. The van der Waals surface area contributed by atoms with Crippen LogP contribution >= 0.6 is 24.0 Å². The fraction of sp³-hybridized carbons (Fsp3) is 0.500. The number of aromatic nitrogens is 2. The molecule has 0 spiro atoms. The van der Waals surface area contributed by atoms with Crippen molar-refractivity contribution in [3.8, 4) is 5.69 Å². The molecule has 0 amide bonds. The van der Waals surface area contributed by atoms with E-state index in [1.165, 1.54) is 12.8 Å². The average molecular weight is 497 g/mol. The van der Waals surface area contributed by atoms with E-state index >= 15 is 0 Å². The number of benzene rings is 1. The van der Waals surface area contributed by atoms with Gasteiger partial charge in [-0.15, -0.1) is 24.0 Å². The van der Waals surface area contributed by atoms with Crippen molar-refractivity contribution in [3.63, 3.8) is 0 Å². The number of rotatable bonds is 3. The Morgan fingerprint density at radius 3 is 2.64 bits per heavy atom. The van der Waals surface area contributed by atoms with E-state index in [0.717, 1.165) is 24.6 Å². The third-order valence-electron chi connectivity index (χ3n) is 6.21. The fourth-order valence-electron chi connectivity index (χ4n) is 4.92. The summed E-state index contributed by atoms with van der Waals surface area (Å²) in [6, 6.07) is 5.29. The molecule has 3 fully saturated rings. The van der Waals surface area contributed by atoms with Gasteiger partial charge in [0.05, 0.1) is 24.2 Å². The van der Waals surface area contributed by atoms with E-state index in [-0.39, 0.29) is 29.8 Å². The molecule has 3 aliphatic heterocycles. The highest BCUT2D eigenvalue weighted by atomic mass is 127. The molecule has 8 heteroatoms. The Labute approximate surface area is 181 Å². The normalized spacial score (nSPS) is 28.4. The molecule has 3 saturated heterocycles. The van der Waals surface area contributed by atoms with Crippen molar-refractivity contribution in [3.05, 3.63) is 48.3 Å². The summed E-state index contributed by atoms with van der Waals surface area (Å²) >= 11 is 0. The average Bonchev–Trinajstić information content (AvgIpc) is 3.44. The molecule has 6 nitrogen and oxygen atoms in total. The van der Waals surface area contributed by atoms with E-state index in [1.54, 1.807) is 35.4 Å². The first-order chi connectivity index (χ1) is 13.2. The van der Waals surface area contributed by atoms with Crippen LogP contribution in [0.5, 0.6) is 0 Å². The monoisotopic (exact) mass is 497 g/mol. The molecule has 0 saturated carbocycles. The van der Waals surface area contributed by atoms with Gasteiger partial charge in [-0.2, -0.15) is 0 Å². The molecule has 1 N–H and O–H groups in total. The summed E-state index contributed by atoms with van der Waals surface area (Å²) < 4.78 is 22.2. The number of nitrogens with one attached hydrogen (secondary N) is 1. The molecule has 2 aromatic rings. The Kier molecular flexibility index (Phi) is 5.59.